The first kappa shape index (κ1) is 25.8. The van der Waals surface area contributed by atoms with Crippen molar-refractivity contribution in [3.05, 3.63) is 59.2 Å². The summed E-state index contributed by atoms with van der Waals surface area (Å²) in [7, 11) is 0. The number of hydrogen-bond donors (Lipinski definition) is 0. The number of esters is 1. The van der Waals surface area contributed by atoms with Crippen molar-refractivity contribution in [2.24, 2.45) is 40.4 Å². The van der Waals surface area contributed by atoms with Gasteiger partial charge in [0, 0.05) is 0 Å². The second kappa shape index (κ2) is 10.1. The smallest absolute Gasteiger partial charge is 0.338 e. The molecule has 1 aromatic rings. The summed E-state index contributed by atoms with van der Waals surface area (Å²) < 4.78 is 6.01. The van der Waals surface area contributed by atoms with E-state index in [-0.39, 0.29) is 12.1 Å². The monoisotopic (exact) mass is 488 g/mol. The zero-order chi connectivity index (χ0) is 25.5. The Morgan fingerprint density at radius 1 is 1.00 bits per heavy atom. The van der Waals surface area contributed by atoms with Gasteiger partial charge in [0.1, 0.15) is 6.10 Å². The van der Waals surface area contributed by atoms with Gasteiger partial charge in [0.2, 0.25) is 0 Å². The van der Waals surface area contributed by atoms with Gasteiger partial charge in [-0.1, -0.05) is 84.2 Å². The van der Waals surface area contributed by atoms with E-state index in [1.54, 1.807) is 11.1 Å². The minimum Gasteiger partial charge on any atom is -0.459 e. The van der Waals surface area contributed by atoms with Crippen LogP contribution in [0.3, 0.4) is 0 Å². The summed E-state index contributed by atoms with van der Waals surface area (Å²) in [4.78, 5) is 12.7. The molecule has 196 valence electrons. The van der Waals surface area contributed by atoms with E-state index in [4.69, 9.17) is 4.74 Å². The van der Waals surface area contributed by atoms with E-state index in [9.17, 15) is 4.79 Å². The van der Waals surface area contributed by atoms with Crippen LogP contribution < -0.4 is 0 Å². The first-order valence-corrected chi connectivity index (χ1v) is 14.9. The molecule has 7 atom stereocenters. The minimum atomic E-state index is -0.158. The average molecular weight is 489 g/mol. The fraction of sp³-hybridized carbons (Fsp3) is 0.676. The Hall–Kier alpha value is -1.83. The van der Waals surface area contributed by atoms with Gasteiger partial charge < -0.3 is 4.74 Å². The molecule has 0 bridgehead atoms. The SMILES string of the molecule is CC(C)CCC[C@@H](C)[C@H]1CC=C2C3=CCC4CC(OC(=O)c5ccccc5)CC[C@]4(C)[C@H]3CC[C@@]21C. The summed E-state index contributed by atoms with van der Waals surface area (Å²) in [6.07, 6.45) is 17.7. The van der Waals surface area contributed by atoms with E-state index in [0.717, 1.165) is 37.0 Å². The van der Waals surface area contributed by atoms with Crippen LogP contribution in [-0.2, 0) is 4.74 Å². The van der Waals surface area contributed by atoms with Gasteiger partial charge in [-0.2, -0.15) is 0 Å². The quantitative estimate of drug-likeness (QED) is 0.358. The van der Waals surface area contributed by atoms with Gasteiger partial charge in [-0.25, -0.2) is 4.79 Å². The van der Waals surface area contributed by atoms with E-state index < -0.39 is 0 Å². The van der Waals surface area contributed by atoms with Crippen molar-refractivity contribution in [1.29, 1.82) is 0 Å². The fourth-order valence-corrected chi connectivity index (χ4v) is 8.71. The number of benzene rings is 1. The molecule has 2 fully saturated rings. The highest BCUT2D eigenvalue weighted by Crippen LogP contribution is 2.65. The highest BCUT2D eigenvalue weighted by Gasteiger charge is 2.55. The molecule has 2 unspecified atom stereocenters. The van der Waals surface area contributed by atoms with Crippen LogP contribution in [0.1, 0.15) is 109 Å². The number of hydrogen-bond acceptors (Lipinski definition) is 2. The summed E-state index contributed by atoms with van der Waals surface area (Å²) in [5.74, 6) is 3.57. The lowest BCUT2D eigenvalue weighted by atomic mass is 9.48. The molecule has 2 heteroatoms. The summed E-state index contributed by atoms with van der Waals surface area (Å²) in [6.45, 7) is 12.4. The molecule has 0 radical (unpaired) electrons. The zero-order valence-corrected chi connectivity index (χ0v) is 23.4. The molecule has 0 aromatic heterocycles. The van der Waals surface area contributed by atoms with Crippen LogP contribution in [0.15, 0.2) is 53.6 Å². The number of rotatable bonds is 7. The van der Waals surface area contributed by atoms with Crippen LogP contribution in [0.2, 0.25) is 0 Å². The van der Waals surface area contributed by atoms with Crippen molar-refractivity contribution in [3.8, 4) is 0 Å². The number of fused-ring (bicyclic) bond motifs is 5. The van der Waals surface area contributed by atoms with Crippen molar-refractivity contribution in [2.45, 2.75) is 105 Å². The second-order valence-electron chi connectivity index (χ2n) is 13.5. The van der Waals surface area contributed by atoms with Gasteiger partial charge in [-0.3, -0.25) is 0 Å². The maximum Gasteiger partial charge on any atom is 0.338 e. The lowest BCUT2D eigenvalue weighted by Gasteiger charge is -2.56. The molecule has 0 aliphatic heterocycles. The number of carbonyl (C=O) groups excluding carboxylic acids is 1. The van der Waals surface area contributed by atoms with E-state index in [0.29, 0.717) is 28.2 Å². The summed E-state index contributed by atoms with van der Waals surface area (Å²) in [6, 6.07) is 9.48. The lowest BCUT2D eigenvalue weighted by molar-refractivity contribution is -0.0409. The second-order valence-corrected chi connectivity index (χ2v) is 13.5. The molecule has 0 spiro atoms. The predicted octanol–water partition coefficient (Wildman–Crippen LogP) is 9.17. The average Bonchev–Trinajstić information content (AvgIpc) is 3.22. The Kier molecular flexibility index (Phi) is 7.27. The van der Waals surface area contributed by atoms with Gasteiger partial charge in [0.05, 0.1) is 5.56 Å². The normalized spacial score (nSPS) is 36.3. The lowest BCUT2D eigenvalue weighted by Crippen LogP contribution is -2.48. The Morgan fingerprint density at radius 3 is 2.53 bits per heavy atom. The van der Waals surface area contributed by atoms with Crippen molar-refractivity contribution in [3.63, 3.8) is 0 Å². The Labute approximate surface area is 220 Å². The van der Waals surface area contributed by atoms with Crippen molar-refractivity contribution in [2.75, 3.05) is 0 Å². The summed E-state index contributed by atoms with van der Waals surface area (Å²) >= 11 is 0. The molecule has 2 nitrogen and oxygen atoms in total. The van der Waals surface area contributed by atoms with Gasteiger partial charge >= 0.3 is 5.97 Å². The third-order valence-electron chi connectivity index (χ3n) is 11.0. The van der Waals surface area contributed by atoms with E-state index in [2.05, 4.69) is 46.8 Å². The first-order chi connectivity index (χ1) is 17.2. The predicted molar refractivity (Wildman–Crippen MR) is 149 cm³/mol. The number of ether oxygens (including phenoxy) is 1. The summed E-state index contributed by atoms with van der Waals surface area (Å²) in [5.41, 5.74) is 4.80. The molecule has 2 saturated carbocycles. The Balaban J connectivity index is 1.26. The van der Waals surface area contributed by atoms with Crippen LogP contribution >= 0.6 is 0 Å². The van der Waals surface area contributed by atoms with Gasteiger partial charge in [0.25, 0.3) is 0 Å². The fourth-order valence-electron chi connectivity index (χ4n) is 8.71. The van der Waals surface area contributed by atoms with Crippen LogP contribution in [0.5, 0.6) is 0 Å². The van der Waals surface area contributed by atoms with Crippen LogP contribution in [0.4, 0.5) is 0 Å². The first-order valence-electron chi connectivity index (χ1n) is 14.9. The van der Waals surface area contributed by atoms with E-state index in [1.807, 2.05) is 30.3 Å². The molecule has 0 heterocycles. The Morgan fingerprint density at radius 2 is 1.78 bits per heavy atom. The van der Waals surface area contributed by atoms with Crippen LogP contribution in [0.25, 0.3) is 0 Å². The largest absolute Gasteiger partial charge is 0.459 e. The van der Waals surface area contributed by atoms with Crippen molar-refractivity contribution < 1.29 is 9.53 Å². The standard InChI is InChI=1S/C34H48O2/c1-23(2)10-9-11-24(3)29-16-17-30-28-15-14-26-22-27(36-32(35)25-12-7-6-8-13-25)18-20-33(26,4)31(28)19-21-34(29,30)5/h6-8,12-13,15,17,23-24,26-27,29,31H,9-11,14,16,18-22H2,1-5H3/t24-,26?,27?,29-,31+,33+,34-/m1/s1. The maximum absolute atomic E-state index is 12.7. The highest BCUT2D eigenvalue weighted by molar-refractivity contribution is 5.89. The van der Waals surface area contributed by atoms with E-state index >= 15 is 0 Å². The van der Waals surface area contributed by atoms with Gasteiger partial charge in [0.15, 0.2) is 0 Å². The van der Waals surface area contributed by atoms with Gasteiger partial charge in [-0.15, -0.1) is 0 Å². The van der Waals surface area contributed by atoms with Crippen LogP contribution in [0, 0.1) is 40.4 Å². The molecule has 0 saturated heterocycles. The van der Waals surface area contributed by atoms with E-state index in [1.165, 1.54) is 44.9 Å². The Bertz CT molecular complexity index is 1000. The highest BCUT2D eigenvalue weighted by atomic mass is 16.5. The number of carbonyl (C=O) groups is 1. The summed E-state index contributed by atoms with van der Waals surface area (Å²) in [5, 5.41) is 0. The molecule has 4 aliphatic carbocycles. The molecule has 0 N–H and O–H groups in total. The topological polar surface area (TPSA) is 26.3 Å². The molecular weight excluding hydrogens is 440 g/mol. The van der Waals surface area contributed by atoms with Crippen molar-refractivity contribution >= 4 is 5.97 Å². The van der Waals surface area contributed by atoms with Crippen LogP contribution in [-0.4, -0.2) is 12.1 Å². The zero-order valence-electron chi connectivity index (χ0n) is 23.4. The molecular formula is C34H48O2. The third kappa shape index (κ3) is 4.63. The minimum absolute atomic E-state index is 0.0568. The van der Waals surface area contributed by atoms with Gasteiger partial charge in [-0.05, 0) is 109 Å². The molecule has 0 amide bonds. The molecule has 36 heavy (non-hydrogen) atoms. The third-order valence-corrected chi connectivity index (χ3v) is 11.0. The molecule has 4 aliphatic rings. The van der Waals surface area contributed by atoms with Crippen molar-refractivity contribution in [1.82, 2.24) is 0 Å². The molecule has 5 rings (SSSR count). The molecule has 1 aromatic carbocycles. The maximum atomic E-state index is 12.7. The number of allylic oxidation sites excluding steroid dienone is 4.